The number of benzene rings is 1. The molecule has 2 aliphatic heterocycles. The Kier molecular flexibility index (Phi) is 7.49. The summed E-state index contributed by atoms with van der Waals surface area (Å²) in [5.41, 5.74) is 2.48. The number of ether oxygens (including phenoxy) is 2. The molecule has 0 saturated heterocycles. The van der Waals surface area contributed by atoms with Gasteiger partial charge in [0.1, 0.15) is 6.10 Å². The molecule has 7 heteroatoms. The van der Waals surface area contributed by atoms with Crippen molar-refractivity contribution in [1.29, 1.82) is 0 Å². The van der Waals surface area contributed by atoms with E-state index in [0.717, 1.165) is 31.0 Å². The van der Waals surface area contributed by atoms with Crippen molar-refractivity contribution in [3.05, 3.63) is 35.4 Å². The van der Waals surface area contributed by atoms with Gasteiger partial charge in [-0.1, -0.05) is 18.2 Å². The van der Waals surface area contributed by atoms with Crippen molar-refractivity contribution in [2.75, 3.05) is 20.7 Å². The molecule has 0 radical (unpaired) electrons. The lowest BCUT2D eigenvalue weighted by Crippen LogP contribution is -2.42. The molecule has 24 heavy (non-hydrogen) atoms. The van der Waals surface area contributed by atoms with Crippen LogP contribution in [0.2, 0.25) is 0 Å². The number of methoxy groups -OCH3 is 1. The first kappa shape index (κ1) is 21.0. The molecule has 2 heterocycles. The van der Waals surface area contributed by atoms with Crippen LogP contribution in [-0.4, -0.2) is 42.9 Å². The van der Waals surface area contributed by atoms with E-state index in [2.05, 4.69) is 61.3 Å². The van der Waals surface area contributed by atoms with Gasteiger partial charge >= 0.3 is 0 Å². The summed E-state index contributed by atoms with van der Waals surface area (Å²) in [4.78, 5) is 2.35. The lowest BCUT2D eigenvalue weighted by atomic mass is 9.69. The van der Waals surface area contributed by atoms with E-state index >= 15 is 0 Å². The first-order valence-electron chi connectivity index (χ1n) is 7.71. The van der Waals surface area contributed by atoms with Gasteiger partial charge in [-0.15, -0.1) is 24.0 Å². The van der Waals surface area contributed by atoms with Gasteiger partial charge in [0, 0.05) is 55.8 Å². The molecule has 0 fully saturated rings. The Balaban J connectivity index is 0.000000670. The average Bonchev–Trinajstić information content (AvgIpc) is 2.82. The number of halogens is 3. The summed E-state index contributed by atoms with van der Waals surface area (Å²) in [5.74, 6) is 1.68. The Hall–Kier alpha value is 0.670. The van der Waals surface area contributed by atoms with Gasteiger partial charge in [0.15, 0.2) is 11.5 Å². The fraction of sp³-hybridized carbons (Fsp3) is 0.529. The minimum atomic E-state index is -0.412. The van der Waals surface area contributed by atoms with Crippen LogP contribution in [0.5, 0.6) is 11.5 Å². The van der Waals surface area contributed by atoms with Crippen molar-refractivity contribution >= 4 is 61.2 Å². The van der Waals surface area contributed by atoms with Gasteiger partial charge in [-0.2, -0.15) is 0 Å². The Morgan fingerprint density at radius 1 is 1.38 bits per heavy atom. The summed E-state index contributed by atoms with van der Waals surface area (Å²) >= 11 is 4.24. The molecule has 3 aliphatic rings. The molecule has 0 bridgehead atoms. The van der Waals surface area contributed by atoms with Crippen LogP contribution in [0.1, 0.15) is 24.0 Å². The number of rotatable bonds is 1. The van der Waals surface area contributed by atoms with Crippen LogP contribution in [0.3, 0.4) is 0 Å². The van der Waals surface area contributed by atoms with Gasteiger partial charge < -0.3 is 19.5 Å². The zero-order valence-electron chi connectivity index (χ0n) is 13.7. The molecule has 134 valence electrons. The highest BCUT2D eigenvalue weighted by atomic mass is 128. The van der Waals surface area contributed by atoms with Crippen LogP contribution in [0.4, 0.5) is 0 Å². The molecule has 0 aromatic heterocycles. The third-order valence-corrected chi connectivity index (χ3v) is 5.15. The van der Waals surface area contributed by atoms with E-state index in [1.54, 1.807) is 7.11 Å². The van der Waals surface area contributed by atoms with Crippen molar-refractivity contribution in [3.63, 3.8) is 0 Å². The van der Waals surface area contributed by atoms with Gasteiger partial charge in [-0.05, 0) is 31.6 Å². The number of aliphatic hydroxyl groups excluding tert-OH is 1. The Bertz CT molecular complexity index is 625. The van der Waals surface area contributed by atoms with Gasteiger partial charge in [0.2, 0.25) is 0 Å². The van der Waals surface area contributed by atoms with Crippen molar-refractivity contribution in [2.45, 2.75) is 37.0 Å². The summed E-state index contributed by atoms with van der Waals surface area (Å²) in [7, 11) is 3.84. The molecule has 4 nitrogen and oxygen atoms in total. The molecule has 3 atom stereocenters. The third kappa shape index (κ3) is 3.44. The lowest BCUT2D eigenvalue weighted by Gasteiger charge is -2.35. The van der Waals surface area contributed by atoms with Gasteiger partial charge in [-0.25, -0.2) is 0 Å². The maximum Gasteiger partial charge on any atom is 0.166 e. The number of nitrogens with zero attached hydrogens (tertiary/aromatic N) is 1. The molecular formula is C17H22I3NO3. The van der Waals surface area contributed by atoms with E-state index in [9.17, 15) is 5.11 Å². The van der Waals surface area contributed by atoms with Gasteiger partial charge in [0.05, 0.1) is 18.6 Å². The molecule has 4 rings (SSSR count). The molecule has 1 N–H and O–H groups in total. The summed E-state index contributed by atoms with van der Waals surface area (Å²) in [6.45, 7) is 1.96. The van der Waals surface area contributed by atoms with Crippen molar-refractivity contribution < 1.29 is 14.6 Å². The predicted octanol–water partition coefficient (Wildman–Crippen LogP) is 4.24. The fourth-order valence-electron chi connectivity index (χ4n) is 4.08. The number of hydrogen-bond donors (Lipinski definition) is 1. The zero-order valence-corrected chi connectivity index (χ0v) is 20.3. The fourth-order valence-corrected chi connectivity index (χ4v) is 4.08. The summed E-state index contributed by atoms with van der Waals surface area (Å²) in [6.07, 6.45) is 5.38. The molecular weight excluding hydrogens is 647 g/mol. The van der Waals surface area contributed by atoms with Crippen molar-refractivity contribution in [3.8, 4) is 11.5 Å². The first-order valence-corrected chi connectivity index (χ1v) is 14.0. The van der Waals surface area contributed by atoms with E-state index in [1.807, 2.05) is 12.1 Å². The van der Waals surface area contributed by atoms with Crippen LogP contribution < -0.4 is 9.47 Å². The third-order valence-electron chi connectivity index (χ3n) is 5.15. The van der Waals surface area contributed by atoms with Crippen LogP contribution in [0, 0.1) is 0 Å². The molecule has 1 aromatic rings. The average molecular weight is 669 g/mol. The van der Waals surface area contributed by atoms with E-state index in [1.165, 1.54) is 11.1 Å². The molecule has 1 aliphatic carbocycles. The van der Waals surface area contributed by atoms with Gasteiger partial charge in [0.25, 0.3) is 0 Å². The van der Waals surface area contributed by atoms with E-state index in [0.29, 0.717) is 6.42 Å². The van der Waals surface area contributed by atoms with Crippen LogP contribution >= 0.6 is 61.2 Å². The number of aliphatic hydroxyl groups is 1. The summed E-state index contributed by atoms with van der Waals surface area (Å²) < 4.78 is 11.8. The second kappa shape index (κ2) is 8.57. The van der Waals surface area contributed by atoms with E-state index in [-0.39, 0.29) is 35.5 Å². The Morgan fingerprint density at radius 3 is 2.83 bits per heavy atom. The lowest BCUT2D eigenvalue weighted by molar-refractivity contribution is 0.0821. The smallest absolute Gasteiger partial charge is 0.166 e. The summed E-state index contributed by atoms with van der Waals surface area (Å²) in [6, 6.07) is 4.16. The maximum absolute atomic E-state index is 9.97. The highest BCUT2D eigenvalue weighted by molar-refractivity contribution is 15.0. The topological polar surface area (TPSA) is 41.9 Å². The number of hydrogen-bond acceptors (Lipinski definition) is 4. The van der Waals surface area contributed by atoms with Crippen molar-refractivity contribution in [1.82, 2.24) is 4.90 Å². The highest BCUT2D eigenvalue weighted by Crippen LogP contribution is 2.55. The normalized spacial score (nSPS) is 29.9. The molecule has 1 aromatic carbocycles. The van der Waals surface area contributed by atoms with Crippen LogP contribution in [-0.2, 0) is 12.0 Å². The Labute approximate surface area is 183 Å². The predicted molar refractivity (Wildman–Crippen MR) is 123 cm³/mol. The van der Waals surface area contributed by atoms with Gasteiger partial charge in [-0.3, -0.25) is 0 Å². The molecule has 0 amide bonds. The SMILES string of the molecule is COc1ccc2c3c1O[C@H]1C[C@@H](O)C=C[C@@]31CCN(C)C2.I.II. The molecule has 0 saturated carbocycles. The highest BCUT2D eigenvalue weighted by Gasteiger charge is 2.52. The minimum absolute atomic E-state index is 0. The second-order valence-corrected chi connectivity index (χ2v) is 6.43. The first-order chi connectivity index (χ1) is 11.1. The van der Waals surface area contributed by atoms with Crippen molar-refractivity contribution in [2.24, 2.45) is 0 Å². The quantitative estimate of drug-likeness (QED) is 0.360. The second-order valence-electron chi connectivity index (χ2n) is 6.43. The van der Waals surface area contributed by atoms with Crippen LogP contribution in [0.15, 0.2) is 24.3 Å². The van der Waals surface area contributed by atoms with E-state index in [4.69, 9.17) is 9.47 Å². The Morgan fingerprint density at radius 2 is 2.12 bits per heavy atom. The molecule has 1 spiro atoms. The van der Waals surface area contributed by atoms with Crippen LogP contribution in [0.25, 0.3) is 0 Å². The largest absolute Gasteiger partial charge is 0.493 e. The minimum Gasteiger partial charge on any atom is -0.493 e. The maximum atomic E-state index is 9.97. The molecule has 0 unspecified atom stereocenters. The monoisotopic (exact) mass is 669 g/mol. The van der Waals surface area contributed by atoms with E-state index < -0.39 is 6.10 Å². The standard InChI is InChI=1S/C17H21NO3.I2.HI/c1-18-8-7-17-6-5-12(19)9-14(17)21-16-13(20-2)4-3-11(10-18)15(16)17;1-2;/h3-6,12,14,19H,7-10H2,1-2H3;;1H/t12-,14-,17-;;/m0../s1. The zero-order chi connectivity index (χ0) is 16.6. The summed E-state index contributed by atoms with van der Waals surface area (Å²) in [5, 5.41) is 9.97.